The first kappa shape index (κ1) is 20.0. The minimum atomic E-state index is -0.115. The quantitative estimate of drug-likeness (QED) is 0.600. The zero-order chi connectivity index (χ0) is 20.3. The molecule has 0 bridgehead atoms. The molecule has 1 heterocycles. The fraction of sp³-hybridized carbons (Fsp3) is 0.273. The molecule has 0 aliphatic carbocycles. The minimum Gasteiger partial charge on any atom is -0.497 e. The first-order valence-electron chi connectivity index (χ1n) is 8.94. The highest BCUT2D eigenvalue weighted by Crippen LogP contribution is 2.30. The predicted octanol–water partition coefficient (Wildman–Crippen LogP) is 4.91. The molecule has 0 atom stereocenters. The highest BCUT2D eigenvalue weighted by atomic mass is 32.2. The third-order valence-electron chi connectivity index (χ3n) is 4.42. The van der Waals surface area contributed by atoms with E-state index in [4.69, 9.17) is 14.5 Å². The number of aromatic nitrogens is 1. The van der Waals surface area contributed by atoms with Crippen LogP contribution >= 0.6 is 11.8 Å². The van der Waals surface area contributed by atoms with Gasteiger partial charge < -0.3 is 14.8 Å². The first-order chi connectivity index (χ1) is 13.4. The molecule has 1 amide bonds. The van der Waals surface area contributed by atoms with Crippen LogP contribution in [0.3, 0.4) is 0 Å². The SMILES string of the molecule is COc1ccc(NC(=O)CSc2nc3c(C)cc(C)cc3cc2C)c(OC)c1. The lowest BCUT2D eigenvalue weighted by atomic mass is 10.1. The molecule has 0 fully saturated rings. The maximum Gasteiger partial charge on any atom is 0.234 e. The Morgan fingerprint density at radius 2 is 1.82 bits per heavy atom. The Kier molecular flexibility index (Phi) is 6.09. The second-order valence-corrected chi connectivity index (χ2v) is 7.63. The van der Waals surface area contributed by atoms with Crippen LogP contribution in [-0.2, 0) is 4.79 Å². The van der Waals surface area contributed by atoms with Crippen LogP contribution in [0, 0.1) is 20.8 Å². The molecule has 146 valence electrons. The van der Waals surface area contributed by atoms with Crippen molar-refractivity contribution in [3.05, 3.63) is 53.1 Å². The van der Waals surface area contributed by atoms with Crippen molar-refractivity contribution in [1.29, 1.82) is 0 Å². The van der Waals surface area contributed by atoms with Crippen molar-refractivity contribution >= 4 is 34.3 Å². The van der Waals surface area contributed by atoms with Crippen molar-refractivity contribution in [1.82, 2.24) is 4.98 Å². The molecule has 0 saturated carbocycles. The van der Waals surface area contributed by atoms with E-state index in [0.29, 0.717) is 17.2 Å². The van der Waals surface area contributed by atoms with E-state index < -0.39 is 0 Å². The van der Waals surface area contributed by atoms with Gasteiger partial charge in [-0.05, 0) is 56.2 Å². The van der Waals surface area contributed by atoms with Crippen LogP contribution < -0.4 is 14.8 Å². The molecule has 28 heavy (non-hydrogen) atoms. The number of fused-ring (bicyclic) bond motifs is 1. The van der Waals surface area contributed by atoms with E-state index in [0.717, 1.165) is 27.1 Å². The molecule has 5 nitrogen and oxygen atoms in total. The van der Waals surface area contributed by atoms with Gasteiger partial charge in [0.2, 0.25) is 5.91 Å². The monoisotopic (exact) mass is 396 g/mol. The van der Waals surface area contributed by atoms with Crippen molar-refractivity contribution in [2.45, 2.75) is 25.8 Å². The van der Waals surface area contributed by atoms with Crippen LogP contribution in [0.15, 0.2) is 41.4 Å². The second kappa shape index (κ2) is 8.52. The second-order valence-electron chi connectivity index (χ2n) is 6.67. The van der Waals surface area contributed by atoms with Gasteiger partial charge >= 0.3 is 0 Å². The number of amides is 1. The summed E-state index contributed by atoms with van der Waals surface area (Å²) >= 11 is 1.43. The largest absolute Gasteiger partial charge is 0.497 e. The summed E-state index contributed by atoms with van der Waals surface area (Å²) in [5, 5.41) is 4.89. The maximum atomic E-state index is 12.4. The van der Waals surface area contributed by atoms with Crippen LogP contribution in [-0.4, -0.2) is 30.9 Å². The molecule has 2 aromatic carbocycles. The number of methoxy groups -OCH3 is 2. The highest BCUT2D eigenvalue weighted by Gasteiger charge is 2.12. The molecule has 6 heteroatoms. The number of pyridine rings is 1. The minimum absolute atomic E-state index is 0.115. The number of thioether (sulfide) groups is 1. The van der Waals surface area contributed by atoms with Crippen LogP contribution in [0.4, 0.5) is 5.69 Å². The molecular formula is C22H24N2O3S. The van der Waals surface area contributed by atoms with Crippen molar-refractivity contribution in [3.8, 4) is 11.5 Å². The van der Waals surface area contributed by atoms with Gasteiger partial charge in [0.25, 0.3) is 0 Å². The third-order valence-corrected chi connectivity index (χ3v) is 5.51. The van der Waals surface area contributed by atoms with E-state index in [1.165, 1.54) is 17.3 Å². The zero-order valence-corrected chi connectivity index (χ0v) is 17.6. The summed E-state index contributed by atoms with van der Waals surface area (Å²) < 4.78 is 10.5. The highest BCUT2D eigenvalue weighted by molar-refractivity contribution is 8.00. The van der Waals surface area contributed by atoms with Crippen LogP contribution in [0.5, 0.6) is 11.5 Å². The van der Waals surface area contributed by atoms with Gasteiger partial charge in [-0.25, -0.2) is 4.98 Å². The van der Waals surface area contributed by atoms with Crippen molar-refractivity contribution in [3.63, 3.8) is 0 Å². The summed E-state index contributed by atoms with van der Waals surface area (Å²) in [6.45, 7) is 6.17. The van der Waals surface area contributed by atoms with Crippen LogP contribution in [0.25, 0.3) is 10.9 Å². The topological polar surface area (TPSA) is 60.5 Å². The van der Waals surface area contributed by atoms with E-state index in [2.05, 4.69) is 37.4 Å². The van der Waals surface area contributed by atoms with Crippen molar-refractivity contribution < 1.29 is 14.3 Å². The molecule has 0 saturated heterocycles. The Morgan fingerprint density at radius 3 is 2.54 bits per heavy atom. The molecule has 3 aromatic rings. The van der Waals surface area contributed by atoms with Crippen molar-refractivity contribution in [2.75, 3.05) is 25.3 Å². The van der Waals surface area contributed by atoms with E-state index >= 15 is 0 Å². The maximum absolute atomic E-state index is 12.4. The summed E-state index contributed by atoms with van der Waals surface area (Å²) in [7, 11) is 3.15. The fourth-order valence-electron chi connectivity index (χ4n) is 3.11. The van der Waals surface area contributed by atoms with Crippen LogP contribution in [0.1, 0.15) is 16.7 Å². The number of hydrogen-bond acceptors (Lipinski definition) is 5. The van der Waals surface area contributed by atoms with Gasteiger partial charge in [-0.1, -0.05) is 23.4 Å². The number of rotatable bonds is 6. The molecule has 0 aliphatic rings. The normalized spacial score (nSPS) is 10.8. The van der Waals surface area contributed by atoms with Gasteiger partial charge in [-0.15, -0.1) is 0 Å². The Balaban J connectivity index is 1.73. The lowest BCUT2D eigenvalue weighted by Gasteiger charge is -2.12. The zero-order valence-electron chi connectivity index (χ0n) is 16.8. The van der Waals surface area contributed by atoms with E-state index in [-0.39, 0.29) is 11.7 Å². The number of carbonyl (C=O) groups is 1. The number of hydrogen-bond donors (Lipinski definition) is 1. The number of carbonyl (C=O) groups excluding carboxylic acids is 1. The molecule has 0 aliphatic heterocycles. The summed E-state index contributed by atoms with van der Waals surface area (Å²) in [5.41, 5.74) is 5.03. The Morgan fingerprint density at radius 1 is 1.04 bits per heavy atom. The first-order valence-corrected chi connectivity index (χ1v) is 9.93. The average Bonchev–Trinajstić information content (AvgIpc) is 2.66. The van der Waals surface area contributed by atoms with Crippen molar-refractivity contribution in [2.24, 2.45) is 0 Å². The Hall–Kier alpha value is -2.73. The molecule has 3 rings (SSSR count). The Labute approximate surface area is 169 Å². The predicted molar refractivity (Wildman–Crippen MR) is 115 cm³/mol. The van der Waals surface area contributed by atoms with E-state index in [9.17, 15) is 4.79 Å². The molecule has 1 N–H and O–H groups in total. The standard InChI is InChI=1S/C22H24N2O3S/c1-13-8-14(2)21-16(9-13)10-15(3)22(24-21)28-12-20(25)23-18-7-6-17(26-4)11-19(18)27-5/h6-11H,12H2,1-5H3,(H,23,25). The van der Waals surface area contributed by atoms with Gasteiger partial charge in [-0.2, -0.15) is 0 Å². The van der Waals surface area contributed by atoms with E-state index in [1.54, 1.807) is 32.4 Å². The average molecular weight is 397 g/mol. The van der Waals surface area contributed by atoms with Gasteiger partial charge in [0, 0.05) is 11.5 Å². The summed E-state index contributed by atoms with van der Waals surface area (Å²) in [6, 6.07) is 11.7. The molecule has 1 aromatic heterocycles. The summed E-state index contributed by atoms with van der Waals surface area (Å²) in [4.78, 5) is 17.2. The smallest absolute Gasteiger partial charge is 0.234 e. The van der Waals surface area contributed by atoms with E-state index in [1.807, 2.05) is 6.92 Å². The molecule has 0 spiro atoms. The molecule has 0 radical (unpaired) electrons. The fourth-order valence-corrected chi connectivity index (χ4v) is 3.89. The lowest BCUT2D eigenvalue weighted by molar-refractivity contribution is -0.113. The summed E-state index contributed by atoms with van der Waals surface area (Å²) in [6.07, 6.45) is 0. The molecule has 0 unspecified atom stereocenters. The number of benzene rings is 2. The lowest BCUT2D eigenvalue weighted by Crippen LogP contribution is -2.15. The number of anilines is 1. The number of nitrogens with zero attached hydrogens (tertiary/aromatic N) is 1. The third kappa shape index (κ3) is 4.39. The number of aryl methyl sites for hydroxylation is 3. The summed E-state index contributed by atoms with van der Waals surface area (Å²) in [5.74, 6) is 1.38. The van der Waals surface area contributed by atoms with Crippen LogP contribution in [0.2, 0.25) is 0 Å². The van der Waals surface area contributed by atoms with Gasteiger partial charge in [0.1, 0.15) is 16.5 Å². The van der Waals surface area contributed by atoms with Gasteiger partial charge in [-0.3, -0.25) is 4.79 Å². The number of ether oxygens (including phenoxy) is 2. The van der Waals surface area contributed by atoms with Gasteiger partial charge in [0.15, 0.2) is 0 Å². The van der Waals surface area contributed by atoms with Gasteiger partial charge in [0.05, 0.1) is 31.2 Å². The number of nitrogens with one attached hydrogen (secondary N) is 1. The molecular weight excluding hydrogens is 372 g/mol. The Bertz CT molecular complexity index is 1030.